The Morgan fingerprint density at radius 1 is 0.917 bits per heavy atom. The summed E-state index contributed by atoms with van der Waals surface area (Å²) in [6.07, 6.45) is 0. The number of hydrogen-bond donors (Lipinski definition) is 0. The molecule has 0 aliphatic carbocycles. The zero-order valence-corrected chi connectivity index (χ0v) is 12.4. The van der Waals surface area contributed by atoms with Gasteiger partial charge >= 0.3 is 0 Å². The topological polar surface area (TPSA) is 125 Å². The highest BCUT2D eigenvalue weighted by atomic mass is 16.6. The summed E-state index contributed by atoms with van der Waals surface area (Å²) in [7, 11) is 0. The maximum atomic E-state index is 10.9. The van der Waals surface area contributed by atoms with Crippen molar-refractivity contribution in [2.45, 2.75) is 6.92 Å². The van der Waals surface area contributed by atoms with Crippen molar-refractivity contribution in [1.82, 2.24) is 10.1 Å². The van der Waals surface area contributed by atoms with E-state index in [-0.39, 0.29) is 11.5 Å². The van der Waals surface area contributed by atoms with E-state index in [1.165, 1.54) is 0 Å². The van der Waals surface area contributed by atoms with Gasteiger partial charge in [-0.05, 0) is 6.92 Å². The Morgan fingerprint density at radius 2 is 1.50 bits per heavy atom. The molecule has 0 bridgehead atoms. The standard InChI is InChI=1S/C15H10N4O5/c1-9-2-4-10(5-3-9)14-16-15(24-17-14)11-6-12(18(20)21)8-13(7-11)19(22)23/h2-8H,1H3. The number of nitrogens with zero attached hydrogens (tertiary/aromatic N) is 4. The van der Waals surface area contributed by atoms with Crippen molar-refractivity contribution < 1.29 is 14.4 Å². The monoisotopic (exact) mass is 326 g/mol. The third kappa shape index (κ3) is 2.95. The fraction of sp³-hybridized carbons (Fsp3) is 0.0667. The van der Waals surface area contributed by atoms with E-state index in [4.69, 9.17) is 4.52 Å². The Kier molecular flexibility index (Phi) is 3.74. The predicted molar refractivity (Wildman–Crippen MR) is 83.2 cm³/mol. The SMILES string of the molecule is Cc1ccc(-c2noc(-c3cc([N+](=O)[O-])cc([N+](=O)[O-])c3)n2)cc1. The highest BCUT2D eigenvalue weighted by Crippen LogP contribution is 2.30. The average Bonchev–Trinajstić information content (AvgIpc) is 3.05. The Hall–Kier alpha value is -3.62. The molecule has 2 aromatic carbocycles. The molecule has 0 unspecified atom stereocenters. The minimum Gasteiger partial charge on any atom is -0.334 e. The van der Waals surface area contributed by atoms with Gasteiger partial charge < -0.3 is 4.52 Å². The first kappa shape index (κ1) is 15.3. The third-order valence-corrected chi connectivity index (χ3v) is 3.31. The van der Waals surface area contributed by atoms with Gasteiger partial charge in [-0.1, -0.05) is 35.0 Å². The van der Waals surface area contributed by atoms with Gasteiger partial charge in [-0.15, -0.1) is 0 Å². The lowest BCUT2D eigenvalue weighted by Gasteiger charge is -1.97. The second-order valence-electron chi connectivity index (χ2n) is 5.04. The maximum absolute atomic E-state index is 10.9. The second kappa shape index (κ2) is 5.88. The summed E-state index contributed by atoms with van der Waals surface area (Å²) in [6, 6.07) is 10.5. The lowest BCUT2D eigenvalue weighted by Crippen LogP contribution is -1.94. The van der Waals surface area contributed by atoms with Crippen molar-refractivity contribution in [2.75, 3.05) is 0 Å². The van der Waals surface area contributed by atoms with Crippen LogP contribution in [0.3, 0.4) is 0 Å². The molecule has 1 aromatic heterocycles. The Morgan fingerprint density at radius 3 is 2.04 bits per heavy atom. The summed E-state index contributed by atoms with van der Waals surface area (Å²) in [5.41, 5.74) is 1.04. The predicted octanol–water partition coefficient (Wildman–Crippen LogP) is 3.53. The van der Waals surface area contributed by atoms with Gasteiger partial charge in [0.25, 0.3) is 17.3 Å². The summed E-state index contributed by atoms with van der Waals surface area (Å²) in [5, 5.41) is 25.7. The van der Waals surface area contributed by atoms with E-state index in [2.05, 4.69) is 10.1 Å². The van der Waals surface area contributed by atoms with Crippen LogP contribution in [0.5, 0.6) is 0 Å². The van der Waals surface area contributed by atoms with Gasteiger partial charge in [-0.25, -0.2) is 0 Å². The van der Waals surface area contributed by atoms with Crippen molar-refractivity contribution in [2.24, 2.45) is 0 Å². The van der Waals surface area contributed by atoms with E-state index in [1.807, 2.05) is 19.1 Å². The molecule has 0 saturated carbocycles. The largest absolute Gasteiger partial charge is 0.334 e. The zero-order chi connectivity index (χ0) is 17.3. The number of rotatable bonds is 4. The smallest absolute Gasteiger partial charge is 0.277 e. The van der Waals surface area contributed by atoms with Gasteiger partial charge in [0.05, 0.1) is 21.5 Å². The van der Waals surface area contributed by atoms with Gasteiger partial charge in [-0.2, -0.15) is 4.98 Å². The molecule has 3 aromatic rings. The van der Waals surface area contributed by atoms with Crippen molar-refractivity contribution in [3.8, 4) is 22.8 Å². The Bertz CT molecular complexity index is 901. The number of nitro benzene ring substituents is 2. The number of non-ortho nitro benzene ring substituents is 2. The molecule has 0 radical (unpaired) electrons. The molecule has 0 amide bonds. The van der Waals surface area contributed by atoms with Crippen LogP contribution in [0.4, 0.5) is 11.4 Å². The van der Waals surface area contributed by atoms with E-state index in [1.54, 1.807) is 12.1 Å². The Balaban J connectivity index is 2.04. The lowest BCUT2D eigenvalue weighted by molar-refractivity contribution is -0.394. The van der Waals surface area contributed by atoms with Gasteiger partial charge in [-0.3, -0.25) is 20.2 Å². The molecular weight excluding hydrogens is 316 g/mol. The summed E-state index contributed by atoms with van der Waals surface area (Å²) in [4.78, 5) is 24.6. The molecule has 9 nitrogen and oxygen atoms in total. The van der Waals surface area contributed by atoms with E-state index < -0.39 is 21.2 Å². The first-order valence-electron chi connectivity index (χ1n) is 6.79. The van der Waals surface area contributed by atoms with Crippen LogP contribution in [0.15, 0.2) is 47.0 Å². The molecule has 0 aliphatic heterocycles. The quantitative estimate of drug-likeness (QED) is 0.530. The summed E-state index contributed by atoms with van der Waals surface area (Å²) < 4.78 is 5.10. The van der Waals surface area contributed by atoms with Gasteiger partial charge in [0.1, 0.15) is 0 Å². The first-order chi connectivity index (χ1) is 11.4. The molecule has 0 spiro atoms. The van der Waals surface area contributed by atoms with E-state index >= 15 is 0 Å². The molecule has 1 heterocycles. The molecule has 0 N–H and O–H groups in total. The van der Waals surface area contributed by atoms with Crippen LogP contribution in [0.1, 0.15) is 5.56 Å². The van der Waals surface area contributed by atoms with Crippen LogP contribution in [-0.4, -0.2) is 20.0 Å². The molecule has 0 aliphatic rings. The number of aromatic nitrogens is 2. The molecule has 9 heteroatoms. The van der Waals surface area contributed by atoms with Crippen molar-refractivity contribution in [3.63, 3.8) is 0 Å². The summed E-state index contributed by atoms with van der Waals surface area (Å²) in [5.74, 6) is 0.261. The summed E-state index contributed by atoms with van der Waals surface area (Å²) >= 11 is 0. The van der Waals surface area contributed by atoms with Crippen molar-refractivity contribution in [1.29, 1.82) is 0 Å². The minimum atomic E-state index is -0.715. The third-order valence-electron chi connectivity index (χ3n) is 3.31. The van der Waals surface area contributed by atoms with Crippen molar-refractivity contribution in [3.05, 3.63) is 68.3 Å². The molecule has 24 heavy (non-hydrogen) atoms. The molecule has 0 fully saturated rings. The molecule has 120 valence electrons. The fourth-order valence-corrected chi connectivity index (χ4v) is 2.09. The number of aryl methyl sites for hydroxylation is 1. The molecule has 0 atom stereocenters. The fourth-order valence-electron chi connectivity index (χ4n) is 2.09. The van der Waals surface area contributed by atoms with E-state index in [0.717, 1.165) is 23.8 Å². The summed E-state index contributed by atoms with van der Waals surface area (Å²) in [6.45, 7) is 1.94. The van der Waals surface area contributed by atoms with Crippen LogP contribution in [0.2, 0.25) is 0 Å². The molecule has 3 rings (SSSR count). The van der Waals surface area contributed by atoms with Crippen LogP contribution in [-0.2, 0) is 0 Å². The van der Waals surface area contributed by atoms with E-state index in [9.17, 15) is 20.2 Å². The number of hydrogen-bond acceptors (Lipinski definition) is 7. The van der Waals surface area contributed by atoms with Crippen LogP contribution < -0.4 is 0 Å². The van der Waals surface area contributed by atoms with Gasteiger partial charge in [0.2, 0.25) is 5.82 Å². The number of nitro groups is 2. The zero-order valence-electron chi connectivity index (χ0n) is 12.4. The maximum Gasteiger partial charge on any atom is 0.277 e. The van der Waals surface area contributed by atoms with Crippen molar-refractivity contribution >= 4 is 11.4 Å². The van der Waals surface area contributed by atoms with Crippen LogP contribution in [0.25, 0.3) is 22.8 Å². The van der Waals surface area contributed by atoms with E-state index in [0.29, 0.717) is 11.4 Å². The molecule has 0 saturated heterocycles. The average molecular weight is 326 g/mol. The minimum absolute atomic E-state index is 0.0302. The van der Waals surface area contributed by atoms with Crippen LogP contribution in [0, 0.1) is 27.2 Å². The normalized spacial score (nSPS) is 10.5. The van der Waals surface area contributed by atoms with Crippen LogP contribution >= 0.6 is 0 Å². The lowest BCUT2D eigenvalue weighted by atomic mass is 10.1. The Labute approximate surface area is 134 Å². The van der Waals surface area contributed by atoms with Gasteiger partial charge in [0, 0.05) is 17.7 Å². The number of benzene rings is 2. The second-order valence-corrected chi connectivity index (χ2v) is 5.04. The molecular formula is C15H10N4O5. The highest BCUT2D eigenvalue weighted by Gasteiger charge is 2.20. The highest BCUT2D eigenvalue weighted by molar-refractivity contribution is 5.65. The van der Waals surface area contributed by atoms with Gasteiger partial charge in [0.15, 0.2) is 0 Å². The first-order valence-corrected chi connectivity index (χ1v) is 6.79.